The van der Waals surface area contributed by atoms with Crippen LogP contribution in [0.1, 0.15) is 24.2 Å². The van der Waals surface area contributed by atoms with Crippen molar-refractivity contribution in [3.05, 3.63) is 65.5 Å². The number of carbonyl (C=O) groups excluding carboxylic acids is 1. The van der Waals surface area contributed by atoms with Crippen molar-refractivity contribution in [2.45, 2.75) is 32.1 Å². The monoisotopic (exact) mass is 455 g/mol. The molecule has 11 heteroatoms. The van der Waals surface area contributed by atoms with Crippen LogP contribution in [0.25, 0.3) is 11.0 Å². The van der Waals surface area contributed by atoms with E-state index in [1.165, 1.54) is 12.1 Å². The van der Waals surface area contributed by atoms with Gasteiger partial charge in [0.25, 0.3) is 0 Å². The lowest BCUT2D eigenvalue weighted by Crippen LogP contribution is -2.35. The molecule has 170 valence electrons. The molecule has 3 rings (SSSR count). The summed E-state index contributed by atoms with van der Waals surface area (Å²) in [5.74, 6) is -4.86. The summed E-state index contributed by atoms with van der Waals surface area (Å²) in [6.07, 6.45) is -5.00. The predicted octanol–water partition coefficient (Wildman–Crippen LogP) is 4.23. The summed E-state index contributed by atoms with van der Waals surface area (Å²) < 4.78 is 67.9. The number of aryl methyl sites for hydroxylation is 1. The maximum Gasteiger partial charge on any atom is 0.449 e. The predicted molar refractivity (Wildman–Crippen MR) is 103 cm³/mol. The van der Waals surface area contributed by atoms with Crippen molar-refractivity contribution >= 4 is 22.9 Å². The van der Waals surface area contributed by atoms with Gasteiger partial charge in [-0.25, -0.2) is 13.8 Å². The molecule has 1 amide bonds. The van der Waals surface area contributed by atoms with E-state index in [0.717, 1.165) is 21.6 Å². The van der Waals surface area contributed by atoms with E-state index in [9.17, 15) is 31.5 Å². The van der Waals surface area contributed by atoms with Gasteiger partial charge < -0.3 is 14.6 Å². The highest BCUT2D eigenvalue weighted by molar-refractivity contribution is 5.81. The Morgan fingerprint density at radius 1 is 1.06 bits per heavy atom. The lowest BCUT2D eigenvalue weighted by atomic mass is 10.1. The lowest BCUT2D eigenvalue weighted by molar-refractivity contribution is -0.147. The van der Waals surface area contributed by atoms with Gasteiger partial charge in [-0.15, -0.1) is 0 Å². The van der Waals surface area contributed by atoms with Gasteiger partial charge in [-0.05, 0) is 36.2 Å². The molecule has 0 spiro atoms. The highest BCUT2D eigenvalue weighted by atomic mass is 19.4. The van der Waals surface area contributed by atoms with E-state index in [0.29, 0.717) is 6.07 Å². The zero-order valence-corrected chi connectivity index (χ0v) is 16.6. The van der Waals surface area contributed by atoms with Crippen molar-refractivity contribution in [3.8, 4) is 0 Å². The van der Waals surface area contributed by atoms with Gasteiger partial charge in [0.05, 0.1) is 11.0 Å². The maximum absolute atomic E-state index is 13.4. The molecule has 0 aliphatic rings. The van der Waals surface area contributed by atoms with Crippen LogP contribution in [0.5, 0.6) is 0 Å². The Balaban J connectivity index is 1.73. The summed E-state index contributed by atoms with van der Waals surface area (Å²) in [5, 5.41) is 9.06. The molecule has 0 saturated heterocycles. The summed E-state index contributed by atoms with van der Waals surface area (Å²) in [6, 6.07) is 8.63. The fraction of sp³-hybridized carbons (Fsp3) is 0.286. The fourth-order valence-electron chi connectivity index (χ4n) is 3.38. The second-order valence-electron chi connectivity index (χ2n) is 7.10. The fourth-order valence-corrected chi connectivity index (χ4v) is 3.38. The zero-order chi connectivity index (χ0) is 23.5. The number of aliphatic carboxylic acids is 1. The average Bonchev–Trinajstić information content (AvgIpc) is 3.05. The zero-order valence-electron chi connectivity index (χ0n) is 16.6. The number of rotatable bonds is 8. The number of carboxylic acids is 1. The second kappa shape index (κ2) is 9.33. The van der Waals surface area contributed by atoms with Crippen molar-refractivity contribution in [2.75, 3.05) is 6.54 Å². The molecule has 0 radical (unpaired) electrons. The van der Waals surface area contributed by atoms with Crippen molar-refractivity contribution < 1.29 is 36.6 Å². The van der Waals surface area contributed by atoms with Crippen LogP contribution in [-0.4, -0.2) is 38.0 Å². The van der Waals surface area contributed by atoms with Gasteiger partial charge in [0.15, 0.2) is 0 Å². The van der Waals surface area contributed by atoms with E-state index >= 15 is 0 Å². The van der Waals surface area contributed by atoms with Crippen molar-refractivity contribution in [1.82, 2.24) is 14.5 Å². The molecule has 1 N–H and O–H groups in total. The van der Waals surface area contributed by atoms with Crippen LogP contribution in [0.2, 0.25) is 0 Å². The number of hydrogen-bond donors (Lipinski definition) is 1. The summed E-state index contributed by atoms with van der Waals surface area (Å²) in [7, 11) is 0. The first-order chi connectivity index (χ1) is 15.0. The van der Waals surface area contributed by atoms with Crippen LogP contribution >= 0.6 is 0 Å². The quantitative estimate of drug-likeness (QED) is 0.516. The van der Waals surface area contributed by atoms with E-state index in [4.69, 9.17) is 5.11 Å². The Morgan fingerprint density at radius 2 is 1.72 bits per heavy atom. The molecule has 0 aliphatic heterocycles. The van der Waals surface area contributed by atoms with Crippen LogP contribution in [0.4, 0.5) is 22.0 Å². The van der Waals surface area contributed by atoms with Gasteiger partial charge in [-0.1, -0.05) is 12.1 Å². The number of halogens is 5. The van der Waals surface area contributed by atoms with E-state index in [1.807, 2.05) is 0 Å². The van der Waals surface area contributed by atoms with Crippen LogP contribution in [0, 0.1) is 11.6 Å². The molecule has 0 aliphatic carbocycles. The summed E-state index contributed by atoms with van der Waals surface area (Å²) in [4.78, 5) is 28.2. The topological polar surface area (TPSA) is 75.4 Å². The summed E-state index contributed by atoms with van der Waals surface area (Å²) in [6.45, 7) is -1.27. The number of alkyl halides is 3. The molecule has 1 aromatic heterocycles. The second-order valence-corrected chi connectivity index (χ2v) is 7.10. The van der Waals surface area contributed by atoms with Crippen LogP contribution in [-0.2, 0) is 28.9 Å². The molecule has 1 heterocycles. The minimum atomic E-state index is -4.69. The Hall–Kier alpha value is -3.50. The van der Waals surface area contributed by atoms with E-state index in [-0.39, 0.29) is 42.5 Å². The Labute approximate surface area is 178 Å². The average molecular weight is 455 g/mol. The minimum absolute atomic E-state index is 0.0318. The first-order valence-corrected chi connectivity index (χ1v) is 9.51. The molecule has 0 bridgehead atoms. The third kappa shape index (κ3) is 5.59. The van der Waals surface area contributed by atoms with Gasteiger partial charge in [-0.2, -0.15) is 13.2 Å². The van der Waals surface area contributed by atoms with Crippen molar-refractivity contribution in [1.29, 1.82) is 0 Å². The van der Waals surface area contributed by atoms with Crippen LogP contribution < -0.4 is 0 Å². The first-order valence-electron chi connectivity index (χ1n) is 9.51. The number of nitrogens with zero attached hydrogens (tertiary/aromatic N) is 3. The third-order valence-corrected chi connectivity index (χ3v) is 4.66. The van der Waals surface area contributed by atoms with Gasteiger partial charge in [0.1, 0.15) is 18.2 Å². The number of imidazole rings is 1. The van der Waals surface area contributed by atoms with E-state index in [2.05, 4.69) is 4.98 Å². The molecule has 2 aromatic carbocycles. The Kier molecular flexibility index (Phi) is 6.75. The van der Waals surface area contributed by atoms with E-state index in [1.54, 1.807) is 12.1 Å². The highest BCUT2D eigenvalue weighted by Crippen LogP contribution is 2.31. The smallest absolute Gasteiger partial charge is 0.449 e. The SMILES string of the molecule is O=C(O)CN(Cc1cc(F)cc(F)c1)C(=O)CCCn1c(C(F)(F)F)nc2ccccc21. The molecule has 0 atom stereocenters. The molecule has 0 saturated carbocycles. The third-order valence-electron chi connectivity index (χ3n) is 4.66. The molecule has 0 fully saturated rings. The number of para-hydroxylation sites is 2. The number of hydrogen-bond acceptors (Lipinski definition) is 3. The van der Waals surface area contributed by atoms with Gasteiger partial charge in [0, 0.05) is 25.6 Å². The molecule has 3 aromatic rings. The molecule has 6 nitrogen and oxygen atoms in total. The van der Waals surface area contributed by atoms with Crippen molar-refractivity contribution in [3.63, 3.8) is 0 Å². The molecular formula is C21H18F5N3O3. The van der Waals surface area contributed by atoms with Crippen LogP contribution in [0.3, 0.4) is 0 Å². The minimum Gasteiger partial charge on any atom is -0.480 e. The number of carboxylic acid groups (broad SMARTS) is 1. The largest absolute Gasteiger partial charge is 0.480 e. The Bertz CT molecular complexity index is 1120. The van der Waals surface area contributed by atoms with Crippen LogP contribution in [0.15, 0.2) is 42.5 Å². The summed E-state index contributed by atoms with van der Waals surface area (Å²) in [5.41, 5.74) is 0.466. The first kappa shape index (κ1) is 23.2. The molecule has 0 unspecified atom stereocenters. The number of benzene rings is 2. The number of carbonyl (C=O) groups is 2. The number of aromatic nitrogens is 2. The van der Waals surface area contributed by atoms with Gasteiger partial charge in [-0.3, -0.25) is 9.59 Å². The van der Waals surface area contributed by atoms with Gasteiger partial charge >= 0.3 is 12.1 Å². The normalized spacial score (nSPS) is 11.7. The summed E-state index contributed by atoms with van der Waals surface area (Å²) >= 11 is 0. The maximum atomic E-state index is 13.4. The van der Waals surface area contributed by atoms with Crippen molar-refractivity contribution in [2.24, 2.45) is 0 Å². The Morgan fingerprint density at radius 3 is 2.34 bits per heavy atom. The van der Waals surface area contributed by atoms with E-state index < -0.39 is 42.1 Å². The number of amides is 1. The lowest BCUT2D eigenvalue weighted by Gasteiger charge is -2.21. The highest BCUT2D eigenvalue weighted by Gasteiger charge is 2.37. The molecule has 32 heavy (non-hydrogen) atoms. The number of fused-ring (bicyclic) bond motifs is 1. The standard InChI is InChI=1S/C21H18F5N3O3/c22-14-8-13(9-15(23)10-14)11-28(12-19(31)32)18(30)6-3-7-29-17-5-2-1-4-16(17)27-20(29)21(24,25)26/h1-2,4-5,8-10H,3,6-7,11-12H2,(H,31,32). The van der Waals surface area contributed by atoms with Gasteiger partial charge in [0.2, 0.25) is 11.7 Å². The molecular weight excluding hydrogens is 437 g/mol.